The molecule has 35 heavy (non-hydrogen) atoms. The summed E-state index contributed by atoms with van der Waals surface area (Å²) in [7, 11) is 1.66. The summed E-state index contributed by atoms with van der Waals surface area (Å²) in [5.74, 6) is -1.13. The van der Waals surface area contributed by atoms with Crippen LogP contribution < -0.4 is 15.5 Å². The Bertz CT molecular complexity index is 1270. The highest BCUT2D eigenvalue weighted by Crippen LogP contribution is 2.27. The van der Waals surface area contributed by atoms with E-state index in [0.29, 0.717) is 11.4 Å². The molecule has 3 aromatic carbocycles. The van der Waals surface area contributed by atoms with Crippen LogP contribution in [0.2, 0.25) is 0 Å². The third kappa shape index (κ3) is 5.46. The van der Waals surface area contributed by atoms with Gasteiger partial charge in [0, 0.05) is 18.2 Å². The molecule has 0 saturated carbocycles. The summed E-state index contributed by atoms with van der Waals surface area (Å²) in [6, 6.07) is 23.8. The lowest BCUT2D eigenvalue weighted by atomic mass is 10.0. The van der Waals surface area contributed by atoms with Crippen LogP contribution in [0.5, 0.6) is 0 Å². The number of amides is 3. The number of rotatable bonds is 6. The summed E-state index contributed by atoms with van der Waals surface area (Å²) in [6.07, 6.45) is -0.971. The monoisotopic (exact) mass is 468 g/mol. The van der Waals surface area contributed by atoms with E-state index in [-0.39, 0.29) is 18.2 Å². The highest BCUT2D eigenvalue weighted by Gasteiger charge is 2.32. The van der Waals surface area contributed by atoms with Crippen LogP contribution in [0.4, 0.5) is 5.69 Å². The van der Waals surface area contributed by atoms with Crippen LogP contribution in [0.25, 0.3) is 0 Å². The van der Waals surface area contributed by atoms with Gasteiger partial charge in [-0.2, -0.15) is 0 Å². The second kappa shape index (κ2) is 10.3. The quantitative estimate of drug-likeness (QED) is 0.583. The molecule has 0 bridgehead atoms. The van der Waals surface area contributed by atoms with Gasteiger partial charge >= 0.3 is 0 Å². The molecular formula is C28H28N4O3. The summed E-state index contributed by atoms with van der Waals surface area (Å²) in [6.45, 7) is 3.57. The standard InChI is InChI=1S/C28H28N4O3/c1-18-13-15-20(16-14-18)17-24(33)29-19(2)27(34)31-26-28(35)32(3)23-12-8-7-11-22(23)25(30-26)21-9-5-4-6-10-21/h4-16,19,26H,17H2,1-3H3,(H,29,33)(H,31,34)/t19-,26?/m0/s1. The normalized spacial score (nSPS) is 16.0. The number of hydrogen-bond acceptors (Lipinski definition) is 4. The maximum atomic E-state index is 13.3. The van der Waals surface area contributed by atoms with E-state index in [1.54, 1.807) is 14.0 Å². The van der Waals surface area contributed by atoms with Crippen LogP contribution in [-0.4, -0.2) is 42.7 Å². The molecule has 178 valence electrons. The number of para-hydroxylation sites is 1. The van der Waals surface area contributed by atoms with Crippen molar-refractivity contribution < 1.29 is 14.4 Å². The zero-order valence-corrected chi connectivity index (χ0v) is 20.0. The molecule has 2 N–H and O–H groups in total. The first-order valence-corrected chi connectivity index (χ1v) is 11.5. The summed E-state index contributed by atoms with van der Waals surface area (Å²) in [5.41, 5.74) is 4.91. The number of fused-ring (bicyclic) bond motifs is 1. The first-order chi connectivity index (χ1) is 16.8. The van der Waals surface area contributed by atoms with Crippen molar-refractivity contribution in [3.63, 3.8) is 0 Å². The van der Waals surface area contributed by atoms with Crippen LogP contribution in [0.15, 0.2) is 83.9 Å². The van der Waals surface area contributed by atoms with Crippen LogP contribution in [0, 0.1) is 6.92 Å². The summed E-state index contributed by atoms with van der Waals surface area (Å²) in [5, 5.41) is 5.43. The Hall–Kier alpha value is -4.26. The van der Waals surface area contributed by atoms with Gasteiger partial charge in [-0.3, -0.25) is 14.4 Å². The van der Waals surface area contributed by atoms with Gasteiger partial charge in [0.15, 0.2) is 0 Å². The van der Waals surface area contributed by atoms with Gasteiger partial charge in [0.05, 0.1) is 17.8 Å². The molecule has 0 saturated heterocycles. The topological polar surface area (TPSA) is 90.9 Å². The molecule has 0 aromatic heterocycles. The average Bonchev–Trinajstić information content (AvgIpc) is 2.96. The highest BCUT2D eigenvalue weighted by molar-refractivity contribution is 6.20. The molecule has 3 amide bonds. The predicted octanol–water partition coefficient (Wildman–Crippen LogP) is 3.00. The molecule has 1 heterocycles. The van der Waals surface area contributed by atoms with Gasteiger partial charge in [-0.15, -0.1) is 0 Å². The highest BCUT2D eigenvalue weighted by atomic mass is 16.2. The van der Waals surface area contributed by atoms with Crippen molar-refractivity contribution in [2.75, 3.05) is 11.9 Å². The van der Waals surface area contributed by atoms with Gasteiger partial charge < -0.3 is 15.5 Å². The first kappa shape index (κ1) is 23.9. The van der Waals surface area contributed by atoms with Gasteiger partial charge in [0.2, 0.25) is 18.0 Å². The van der Waals surface area contributed by atoms with Crippen molar-refractivity contribution in [2.45, 2.75) is 32.5 Å². The molecule has 0 radical (unpaired) electrons. The number of nitrogens with one attached hydrogen (secondary N) is 2. The lowest BCUT2D eigenvalue weighted by molar-refractivity contribution is -0.130. The maximum absolute atomic E-state index is 13.3. The minimum atomic E-state index is -1.13. The third-order valence-electron chi connectivity index (χ3n) is 5.93. The zero-order valence-electron chi connectivity index (χ0n) is 20.0. The van der Waals surface area contributed by atoms with Gasteiger partial charge in [0.25, 0.3) is 5.91 Å². The van der Waals surface area contributed by atoms with Crippen molar-refractivity contribution in [1.82, 2.24) is 10.6 Å². The lowest BCUT2D eigenvalue weighted by Crippen LogP contribution is -2.52. The lowest BCUT2D eigenvalue weighted by Gasteiger charge is -2.22. The minimum absolute atomic E-state index is 0.161. The zero-order chi connectivity index (χ0) is 24.9. The second-order valence-electron chi connectivity index (χ2n) is 8.62. The summed E-state index contributed by atoms with van der Waals surface area (Å²) in [4.78, 5) is 44.9. The molecule has 0 aliphatic carbocycles. The Kier molecular flexibility index (Phi) is 7.06. The second-order valence-corrected chi connectivity index (χ2v) is 8.62. The van der Waals surface area contributed by atoms with Crippen molar-refractivity contribution >= 4 is 29.1 Å². The van der Waals surface area contributed by atoms with Gasteiger partial charge in [-0.1, -0.05) is 78.4 Å². The predicted molar refractivity (Wildman–Crippen MR) is 136 cm³/mol. The van der Waals surface area contributed by atoms with E-state index in [2.05, 4.69) is 15.6 Å². The molecule has 4 rings (SSSR count). The van der Waals surface area contributed by atoms with Crippen LogP contribution in [0.3, 0.4) is 0 Å². The fourth-order valence-electron chi connectivity index (χ4n) is 3.95. The molecule has 0 fully saturated rings. The number of benzodiazepines with no additional fused rings is 1. The van der Waals surface area contributed by atoms with E-state index >= 15 is 0 Å². The van der Waals surface area contributed by atoms with Crippen LogP contribution in [0.1, 0.15) is 29.2 Å². The number of aryl methyl sites for hydroxylation is 1. The molecule has 0 spiro atoms. The molecule has 1 aliphatic rings. The number of anilines is 1. The van der Waals surface area contributed by atoms with Gasteiger partial charge in [-0.25, -0.2) is 4.99 Å². The number of hydrogen-bond donors (Lipinski definition) is 2. The van der Waals surface area contributed by atoms with Gasteiger partial charge in [0.1, 0.15) is 6.04 Å². The Morgan fingerprint density at radius 1 is 0.971 bits per heavy atom. The SMILES string of the molecule is Cc1ccc(CC(=O)N[C@@H](C)C(=O)NC2N=C(c3ccccc3)c3ccccc3N(C)C2=O)cc1. The smallest absolute Gasteiger partial charge is 0.272 e. The van der Waals surface area contributed by atoms with Crippen molar-refractivity contribution in [3.8, 4) is 0 Å². The van der Waals surface area contributed by atoms with Crippen LogP contribution >= 0.6 is 0 Å². The number of aliphatic imine (C=N–C) groups is 1. The minimum Gasteiger partial charge on any atom is -0.344 e. The van der Waals surface area contributed by atoms with E-state index in [4.69, 9.17) is 0 Å². The Labute approximate surface area is 204 Å². The Balaban J connectivity index is 1.53. The van der Waals surface area contributed by atoms with E-state index in [0.717, 1.165) is 22.3 Å². The maximum Gasteiger partial charge on any atom is 0.272 e. The summed E-state index contributed by atoms with van der Waals surface area (Å²) < 4.78 is 0. The van der Waals surface area contributed by atoms with Crippen LogP contribution in [-0.2, 0) is 20.8 Å². The number of benzene rings is 3. The fourth-order valence-corrected chi connectivity index (χ4v) is 3.95. The van der Waals surface area contributed by atoms with Crippen molar-refractivity contribution in [3.05, 3.63) is 101 Å². The van der Waals surface area contributed by atoms with Crippen molar-refractivity contribution in [2.24, 2.45) is 4.99 Å². The molecule has 2 atom stereocenters. The average molecular weight is 469 g/mol. The summed E-state index contributed by atoms with van der Waals surface area (Å²) >= 11 is 0. The molecule has 1 aliphatic heterocycles. The number of carbonyl (C=O) groups is 3. The largest absolute Gasteiger partial charge is 0.344 e. The van der Waals surface area contributed by atoms with Crippen molar-refractivity contribution in [1.29, 1.82) is 0 Å². The van der Waals surface area contributed by atoms with E-state index in [1.165, 1.54) is 4.90 Å². The Morgan fingerprint density at radius 3 is 2.34 bits per heavy atom. The van der Waals surface area contributed by atoms with E-state index in [1.807, 2.05) is 85.8 Å². The fraction of sp³-hybridized carbons (Fsp3) is 0.214. The molecule has 1 unspecified atom stereocenters. The molecule has 7 nitrogen and oxygen atoms in total. The van der Waals surface area contributed by atoms with E-state index in [9.17, 15) is 14.4 Å². The Morgan fingerprint density at radius 2 is 1.63 bits per heavy atom. The number of carbonyl (C=O) groups excluding carboxylic acids is 3. The number of nitrogens with zero attached hydrogens (tertiary/aromatic N) is 2. The molecule has 3 aromatic rings. The van der Waals surface area contributed by atoms with Gasteiger partial charge in [-0.05, 0) is 25.5 Å². The van der Waals surface area contributed by atoms with E-state index < -0.39 is 18.1 Å². The third-order valence-corrected chi connectivity index (χ3v) is 5.93. The first-order valence-electron chi connectivity index (χ1n) is 11.5. The number of likely N-dealkylation sites (N-methyl/N-ethyl adjacent to an activating group) is 1. The molecular weight excluding hydrogens is 440 g/mol. The molecule has 7 heteroatoms.